The van der Waals surface area contributed by atoms with Crippen LogP contribution in [-0.2, 0) is 4.79 Å². The van der Waals surface area contributed by atoms with Crippen LogP contribution in [0.4, 0.5) is 0 Å². The number of hydrogen-bond acceptors (Lipinski definition) is 3. The van der Waals surface area contributed by atoms with Gasteiger partial charge in [-0.1, -0.05) is 29.8 Å². The van der Waals surface area contributed by atoms with Crippen LogP contribution < -0.4 is 5.73 Å². The largest absolute Gasteiger partial charge is 0.369 e. The van der Waals surface area contributed by atoms with Gasteiger partial charge in [0.1, 0.15) is 11.5 Å². The van der Waals surface area contributed by atoms with E-state index < -0.39 is 0 Å². The highest BCUT2D eigenvalue weighted by molar-refractivity contribution is 6.34. The molecule has 0 aliphatic heterocycles. The first-order valence-electron chi connectivity index (χ1n) is 5.02. The van der Waals surface area contributed by atoms with Gasteiger partial charge in [-0.2, -0.15) is 0 Å². The topological polar surface area (TPSA) is 68.9 Å². The summed E-state index contributed by atoms with van der Waals surface area (Å²) in [5.41, 5.74) is 6.76. The molecule has 0 unspecified atom stereocenters. The van der Waals surface area contributed by atoms with Gasteiger partial charge in [0.2, 0.25) is 5.91 Å². The van der Waals surface area contributed by atoms with E-state index in [0.29, 0.717) is 5.15 Å². The third-order valence-electron chi connectivity index (χ3n) is 2.24. The maximum absolute atomic E-state index is 10.6. The number of rotatable bonds is 3. The van der Waals surface area contributed by atoms with E-state index in [0.717, 1.165) is 16.5 Å². The molecule has 0 aliphatic rings. The SMILES string of the molecule is NC(=O)CC=Cc1ccc2ncnc(Cl)c2c1. The highest BCUT2D eigenvalue weighted by Gasteiger charge is 2.00. The number of amides is 1. The van der Waals surface area contributed by atoms with Crippen molar-refractivity contribution in [3.63, 3.8) is 0 Å². The molecular formula is C12H10ClN3O. The van der Waals surface area contributed by atoms with Gasteiger partial charge >= 0.3 is 0 Å². The Hall–Kier alpha value is -1.94. The molecule has 1 heterocycles. The molecular weight excluding hydrogens is 238 g/mol. The molecule has 2 N–H and O–H groups in total. The van der Waals surface area contributed by atoms with Crippen molar-refractivity contribution >= 4 is 34.5 Å². The monoisotopic (exact) mass is 247 g/mol. The second kappa shape index (κ2) is 4.93. The molecule has 5 heteroatoms. The number of nitrogens with zero attached hydrogens (tertiary/aromatic N) is 2. The lowest BCUT2D eigenvalue weighted by Crippen LogP contribution is -2.07. The molecule has 1 aromatic carbocycles. The van der Waals surface area contributed by atoms with Crippen molar-refractivity contribution in [1.82, 2.24) is 9.97 Å². The van der Waals surface area contributed by atoms with E-state index in [4.69, 9.17) is 17.3 Å². The molecule has 2 rings (SSSR count). The van der Waals surface area contributed by atoms with E-state index in [1.807, 2.05) is 24.3 Å². The molecule has 0 saturated heterocycles. The van der Waals surface area contributed by atoms with Gasteiger partial charge < -0.3 is 5.73 Å². The zero-order valence-electron chi connectivity index (χ0n) is 8.93. The van der Waals surface area contributed by atoms with Crippen LogP contribution in [0.5, 0.6) is 0 Å². The van der Waals surface area contributed by atoms with Gasteiger partial charge in [0.25, 0.3) is 0 Å². The van der Waals surface area contributed by atoms with Gasteiger partial charge in [-0.25, -0.2) is 9.97 Å². The minimum Gasteiger partial charge on any atom is -0.369 e. The van der Waals surface area contributed by atoms with Gasteiger partial charge in [-0.05, 0) is 17.7 Å². The maximum Gasteiger partial charge on any atom is 0.221 e. The quantitative estimate of drug-likeness (QED) is 0.845. The highest BCUT2D eigenvalue weighted by atomic mass is 35.5. The van der Waals surface area contributed by atoms with Crippen LogP contribution in [0.3, 0.4) is 0 Å². The Bertz CT molecular complexity index is 595. The average molecular weight is 248 g/mol. The van der Waals surface area contributed by atoms with Crippen LogP contribution in [0.2, 0.25) is 5.15 Å². The molecule has 0 radical (unpaired) electrons. The Morgan fingerprint density at radius 2 is 2.24 bits per heavy atom. The number of fused-ring (bicyclic) bond motifs is 1. The summed E-state index contributed by atoms with van der Waals surface area (Å²) in [6, 6.07) is 5.62. The first-order chi connectivity index (χ1) is 8.16. The number of nitrogens with two attached hydrogens (primary N) is 1. The average Bonchev–Trinajstić information content (AvgIpc) is 2.30. The predicted octanol–water partition coefficient (Wildman–Crippen LogP) is 2.17. The molecule has 0 atom stereocenters. The number of carbonyl (C=O) groups excluding carboxylic acids is 1. The minimum atomic E-state index is -0.358. The summed E-state index contributed by atoms with van der Waals surface area (Å²) >= 11 is 5.96. The summed E-state index contributed by atoms with van der Waals surface area (Å²) in [6.45, 7) is 0. The van der Waals surface area contributed by atoms with Crippen molar-refractivity contribution in [3.05, 3.63) is 41.3 Å². The number of hydrogen-bond donors (Lipinski definition) is 1. The zero-order chi connectivity index (χ0) is 12.3. The summed E-state index contributed by atoms with van der Waals surface area (Å²) in [5.74, 6) is -0.358. The standard InChI is InChI=1S/C12H10ClN3O/c13-12-9-6-8(2-1-3-11(14)17)4-5-10(9)15-7-16-12/h1-2,4-7H,3H2,(H2,14,17). The van der Waals surface area contributed by atoms with Crippen molar-refractivity contribution in [2.75, 3.05) is 0 Å². The van der Waals surface area contributed by atoms with Gasteiger partial charge in [0, 0.05) is 11.8 Å². The first-order valence-corrected chi connectivity index (χ1v) is 5.40. The van der Waals surface area contributed by atoms with E-state index in [2.05, 4.69) is 9.97 Å². The highest BCUT2D eigenvalue weighted by Crippen LogP contribution is 2.20. The fourth-order valence-corrected chi connectivity index (χ4v) is 1.65. The van der Waals surface area contributed by atoms with E-state index in [1.54, 1.807) is 6.08 Å². The van der Waals surface area contributed by atoms with Gasteiger partial charge in [0.05, 0.1) is 5.52 Å². The normalized spacial score (nSPS) is 11.1. The number of primary amides is 1. The zero-order valence-corrected chi connectivity index (χ0v) is 9.69. The summed E-state index contributed by atoms with van der Waals surface area (Å²) in [7, 11) is 0. The van der Waals surface area contributed by atoms with E-state index >= 15 is 0 Å². The summed E-state index contributed by atoms with van der Waals surface area (Å²) in [5, 5.41) is 1.20. The van der Waals surface area contributed by atoms with Crippen LogP contribution in [-0.4, -0.2) is 15.9 Å². The van der Waals surface area contributed by atoms with Gasteiger partial charge in [-0.15, -0.1) is 0 Å². The maximum atomic E-state index is 10.6. The van der Waals surface area contributed by atoms with Crippen LogP contribution in [0.15, 0.2) is 30.6 Å². The predicted molar refractivity (Wildman–Crippen MR) is 67.4 cm³/mol. The van der Waals surface area contributed by atoms with Crippen LogP contribution in [0, 0.1) is 0 Å². The fourth-order valence-electron chi connectivity index (χ4n) is 1.46. The molecule has 4 nitrogen and oxygen atoms in total. The molecule has 1 amide bonds. The van der Waals surface area contributed by atoms with Crippen LogP contribution >= 0.6 is 11.6 Å². The van der Waals surface area contributed by atoms with E-state index in [1.165, 1.54) is 6.33 Å². The Kier molecular flexibility index (Phi) is 3.35. The van der Waals surface area contributed by atoms with Crippen molar-refractivity contribution in [3.8, 4) is 0 Å². The second-order valence-electron chi connectivity index (χ2n) is 3.51. The smallest absolute Gasteiger partial charge is 0.221 e. The number of benzene rings is 1. The van der Waals surface area contributed by atoms with Gasteiger partial charge in [0.15, 0.2) is 0 Å². The van der Waals surface area contributed by atoms with Gasteiger partial charge in [-0.3, -0.25) is 4.79 Å². The lowest BCUT2D eigenvalue weighted by atomic mass is 10.1. The lowest BCUT2D eigenvalue weighted by molar-refractivity contribution is -0.117. The Morgan fingerprint density at radius 3 is 3.00 bits per heavy atom. The number of aromatic nitrogens is 2. The molecule has 17 heavy (non-hydrogen) atoms. The molecule has 86 valence electrons. The molecule has 0 bridgehead atoms. The Morgan fingerprint density at radius 1 is 1.41 bits per heavy atom. The summed E-state index contributed by atoms with van der Waals surface area (Å²) in [6.07, 6.45) is 5.17. The molecule has 0 aliphatic carbocycles. The molecule has 0 spiro atoms. The van der Waals surface area contributed by atoms with E-state index in [9.17, 15) is 4.79 Å². The number of carbonyl (C=O) groups is 1. The Labute approximate surface area is 103 Å². The summed E-state index contributed by atoms with van der Waals surface area (Å²) < 4.78 is 0. The van der Waals surface area contributed by atoms with Crippen molar-refractivity contribution < 1.29 is 4.79 Å². The van der Waals surface area contributed by atoms with Crippen molar-refractivity contribution in [1.29, 1.82) is 0 Å². The molecule has 2 aromatic rings. The Balaban J connectivity index is 2.34. The van der Waals surface area contributed by atoms with Crippen LogP contribution in [0.1, 0.15) is 12.0 Å². The minimum absolute atomic E-state index is 0.219. The lowest BCUT2D eigenvalue weighted by Gasteiger charge is -2.00. The van der Waals surface area contributed by atoms with Crippen LogP contribution in [0.25, 0.3) is 17.0 Å². The molecule has 1 aromatic heterocycles. The number of halogens is 1. The first kappa shape index (κ1) is 11.5. The van der Waals surface area contributed by atoms with Crippen molar-refractivity contribution in [2.45, 2.75) is 6.42 Å². The van der Waals surface area contributed by atoms with E-state index in [-0.39, 0.29) is 12.3 Å². The summed E-state index contributed by atoms with van der Waals surface area (Å²) in [4.78, 5) is 18.6. The third kappa shape index (κ3) is 2.79. The molecule has 0 fully saturated rings. The molecule has 0 saturated carbocycles. The van der Waals surface area contributed by atoms with Crippen molar-refractivity contribution in [2.24, 2.45) is 5.73 Å². The fraction of sp³-hybridized carbons (Fsp3) is 0.0833. The second-order valence-corrected chi connectivity index (χ2v) is 3.87. The third-order valence-corrected chi connectivity index (χ3v) is 2.54.